The summed E-state index contributed by atoms with van der Waals surface area (Å²) in [6, 6.07) is 25.6. The highest BCUT2D eigenvalue weighted by molar-refractivity contribution is 7.73. The molecule has 2 heterocycles. The number of piperazine rings is 1. The lowest BCUT2D eigenvalue weighted by molar-refractivity contribution is 0.0631. The SMILES string of the molecule is O=C(c1[nH]c(=O)n(-c2ccccc2N[SH](=O)=O)c1-c1ccccc1)N1CCNC[C@H]1Cc1ccccc1. The molecule has 190 valence electrons. The Labute approximate surface area is 215 Å². The van der Waals surface area contributed by atoms with Gasteiger partial charge in [0.15, 0.2) is 0 Å². The first-order valence-electron chi connectivity index (χ1n) is 12.0. The van der Waals surface area contributed by atoms with Crippen molar-refractivity contribution in [1.82, 2.24) is 19.8 Å². The zero-order chi connectivity index (χ0) is 25.8. The number of aromatic amines is 1. The number of carbonyl (C=O) groups is 1. The van der Waals surface area contributed by atoms with Gasteiger partial charge in [-0.05, 0) is 24.1 Å². The molecule has 0 unspecified atom stereocenters. The van der Waals surface area contributed by atoms with Gasteiger partial charge in [-0.1, -0.05) is 72.8 Å². The first kappa shape index (κ1) is 24.5. The molecular weight excluding hydrogens is 490 g/mol. The molecule has 1 saturated heterocycles. The number of para-hydroxylation sites is 2. The van der Waals surface area contributed by atoms with Crippen molar-refractivity contribution in [2.24, 2.45) is 0 Å². The smallest absolute Gasteiger partial charge is 0.331 e. The van der Waals surface area contributed by atoms with Gasteiger partial charge in [0, 0.05) is 31.2 Å². The normalized spacial score (nSPS) is 15.6. The summed E-state index contributed by atoms with van der Waals surface area (Å²) in [4.78, 5) is 32.0. The summed E-state index contributed by atoms with van der Waals surface area (Å²) < 4.78 is 26.7. The maximum atomic E-state index is 14.1. The third kappa shape index (κ3) is 5.20. The van der Waals surface area contributed by atoms with Gasteiger partial charge in [0.1, 0.15) is 5.69 Å². The van der Waals surface area contributed by atoms with E-state index in [0.29, 0.717) is 43.0 Å². The highest BCUT2D eigenvalue weighted by Gasteiger charge is 2.32. The van der Waals surface area contributed by atoms with Gasteiger partial charge in [0.25, 0.3) is 5.91 Å². The molecule has 0 saturated carbocycles. The van der Waals surface area contributed by atoms with Crippen LogP contribution in [0.25, 0.3) is 16.9 Å². The zero-order valence-corrected chi connectivity index (χ0v) is 20.9. The lowest BCUT2D eigenvalue weighted by atomic mass is 10.0. The van der Waals surface area contributed by atoms with E-state index in [2.05, 4.69) is 15.0 Å². The van der Waals surface area contributed by atoms with Crippen molar-refractivity contribution in [3.8, 4) is 16.9 Å². The topological polar surface area (TPSA) is 116 Å². The highest BCUT2D eigenvalue weighted by Crippen LogP contribution is 2.29. The van der Waals surface area contributed by atoms with Crippen molar-refractivity contribution < 1.29 is 13.2 Å². The Morgan fingerprint density at radius 3 is 2.35 bits per heavy atom. The standard InChI is InChI=1S/C27H27N5O4S/c33-26(31-16-15-28-18-21(31)17-19-9-3-1-4-10-19)24-25(20-11-5-2-6-12-20)32(27(34)29-24)23-14-8-7-13-22(23)30-37(35)36/h1-14,21,28,37H,15-18H2,(H,29,34)(H,30,35,36)/t21-/m1/s1. The molecule has 0 radical (unpaired) electrons. The molecule has 37 heavy (non-hydrogen) atoms. The van der Waals surface area contributed by atoms with Gasteiger partial charge >= 0.3 is 5.69 Å². The van der Waals surface area contributed by atoms with Crippen molar-refractivity contribution in [2.75, 3.05) is 24.4 Å². The minimum atomic E-state index is -2.96. The van der Waals surface area contributed by atoms with Crippen LogP contribution in [-0.4, -0.2) is 54.5 Å². The molecule has 1 fully saturated rings. The van der Waals surface area contributed by atoms with E-state index in [1.165, 1.54) is 4.57 Å². The third-order valence-corrected chi connectivity index (χ3v) is 6.86. The molecule has 1 aromatic heterocycles. The van der Waals surface area contributed by atoms with E-state index in [1.807, 2.05) is 65.6 Å². The van der Waals surface area contributed by atoms with Crippen LogP contribution in [0, 0.1) is 0 Å². The number of hydrogen-bond acceptors (Lipinski definition) is 5. The summed E-state index contributed by atoms with van der Waals surface area (Å²) in [5.41, 5.74) is 2.34. The first-order valence-corrected chi connectivity index (χ1v) is 13.2. The predicted octanol–water partition coefficient (Wildman–Crippen LogP) is 2.43. The number of benzene rings is 3. The number of nitrogens with one attached hydrogen (secondary N) is 3. The number of amides is 1. The Balaban J connectivity index is 1.62. The van der Waals surface area contributed by atoms with Crippen molar-refractivity contribution in [1.29, 1.82) is 0 Å². The number of imidazole rings is 1. The maximum Gasteiger partial charge on any atom is 0.331 e. The summed E-state index contributed by atoms with van der Waals surface area (Å²) in [6.07, 6.45) is 0.675. The van der Waals surface area contributed by atoms with E-state index < -0.39 is 16.6 Å². The van der Waals surface area contributed by atoms with Crippen LogP contribution in [0.3, 0.4) is 0 Å². The molecule has 0 bridgehead atoms. The minimum absolute atomic E-state index is 0.0995. The minimum Gasteiger partial charge on any atom is -0.331 e. The van der Waals surface area contributed by atoms with Crippen LogP contribution in [-0.2, 0) is 17.3 Å². The summed E-state index contributed by atoms with van der Waals surface area (Å²) in [6.45, 7) is 1.77. The number of rotatable bonds is 7. The molecule has 3 aromatic carbocycles. The van der Waals surface area contributed by atoms with E-state index >= 15 is 0 Å². The van der Waals surface area contributed by atoms with Crippen LogP contribution in [0.5, 0.6) is 0 Å². The van der Waals surface area contributed by atoms with Crippen molar-refractivity contribution in [3.05, 3.63) is 107 Å². The number of nitrogens with zero attached hydrogens (tertiary/aromatic N) is 2. The Kier molecular flexibility index (Phi) is 7.20. The van der Waals surface area contributed by atoms with Crippen LogP contribution < -0.4 is 15.7 Å². The molecule has 0 aliphatic carbocycles. The fourth-order valence-corrected chi connectivity index (χ4v) is 5.18. The van der Waals surface area contributed by atoms with E-state index in [-0.39, 0.29) is 23.3 Å². The zero-order valence-electron chi connectivity index (χ0n) is 20.0. The second kappa shape index (κ2) is 10.9. The largest absolute Gasteiger partial charge is 0.331 e. The molecule has 3 N–H and O–H groups in total. The number of thiol groups is 1. The summed E-state index contributed by atoms with van der Waals surface area (Å²) >= 11 is 0. The number of aromatic nitrogens is 2. The Morgan fingerprint density at radius 2 is 1.62 bits per heavy atom. The first-order chi connectivity index (χ1) is 18.0. The maximum absolute atomic E-state index is 14.1. The van der Waals surface area contributed by atoms with Crippen LogP contribution in [0.4, 0.5) is 5.69 Å². The highest BCUT2D eigenvalue weighted by atomic mass is 32.2. The number of hydrogen-bond donors (Lipinski definition) is 4. The fourth-order valence-electron chi connectivity index (χ4n) is 4.79. The van der Waals surface area contributed by atoms with E-state index in [1.54, 1.807) is 24.3 Å². The molecule has 4 aromatic rings. The second-order valence-electron chi connectivity index (χ2n) is 8.79. The Bertz CT molecular complexity index is 1520. The van der Waals surface area contributed by atoms with Gasteiger partial charge < -0.3 is 15.2 Å². The third-order valence-electron chi connectivity index (χ3n) is 6.44. The average Bonchev–Trinajstić information content (AvgIpc) is 3.26. The van der Waals surface area contributed by atoms with Gasteiger partial charge in [0.2, 0.25) is 10.9 Å². The fraction of sp³-hybridized carbons (Fsp3) is 0.185. The lowest BCUT2D eigenvalue weighted by Gasteiger charge is -2.36. The molecule has 1 atom stereocenters. The molecule has 1 aliphatic heterocycles. The quantitative estimate of drug-likeness (QED) is 0.281. The van der Waals surface area contributed by atoms with E-state index in [9.17, 15) is 18.0 Å². The van der Waals surface area contributed by atoms with E-state index in [4.69, 9.17) is 0 Å². The number of carbonyl (C=O) groups excluding carboxylic acids is 1. The molecule has 1 amide bonds. The average molecular weight is 518 g/mol. The molecule has 0 spiro atoms. The van der Waals surface area contributed by atoms with Gasteiger partial charge in [0.05, 0.1) is 17.1 Å². The van der Waals surface area contributed by atoms with Crippen molar-refractivity contribution in [2.45, 2.75) is 12.5 Å². The van der Waals surface area contributed by atoms with E-state index in [0.717, 1.165) is 5.56 Å². The molecular formula is C27H27N5O4S. The summed E-state index contributed by atoms with van der Waals surface area (Å²) in [5.74, 6) is -0.280. The van der Waals surface area contributed by atoms with Crippen LogP contribution in [0.15, 0.2) is 89.7 Å². The van der Waals surface area contributed by atoms with Crippen molar-refractivity contribution >= 4 is 22.5 Å². The van der Waals surface area contributed by atoms with Gasteiger partial charge in [-0.3, -0.25) is 14.1 Å². The summed E-state index contributed by atoms with van der Waals surface area (Å²) in [7, 11) is -2.96. The summed E-state index contributed by atoms with van der Waals surface area (Å²) in [5, 5.41) is 3.37. The number of H-pyrrole nitrogens is 1. The molecule has 10 heteroatoms. The van der Waals surface area contributed by atoms with Gasteiger partial charge in [-0.15, -0.1) is 0 Å². The van der Waals surface area contributed by atoms with Gasteiger partial charge in [-0.25, -0.2) is 13.2 Å². The van der Waals surface area contributed by atoms with Crippen LogP contribution >= 0.6 is 0 Å². The second-order valence-corrected chi connectivity index (χ2v) is 9.53. The van der Waals surface area contributed by atoms with Crippen LogP contribution in [0.2, 0.25) is 0 Å². The van der Waals surface area contributed by atoms with Crippen LogP contribution in [0.1, 0.15) is 16.1 Å². The van der Waals surface area contributed by atoms with Gasteiger partial charge in [-0.2, -0.15) is 0 Å². The lowest BCUT2D eigenvalue weighted by Crippen LogP contribution is -2.54. The number of anilines is 1. The molecule has 5 rings (SSSR count). The Morgan fingerprint density at radius 1 is 0.946 bits per heavy atom. The monoisotopic (exact) mass is 517 g/mol. The van der Waals surface area contributed by atoms with Crippen molar-refractivity contribution in [3.63, 3.8) is 0 Å². The predicted molar refractivity (Wildman–Crippen MR) is 144 cm³/mol. The Hall–Kier alpha value is -4.15. The molecule has 1 aliphatic rings. The molecule has 9 nitrogen and oxygen atoms in total.